The van der Waals surface area contributed by atoms with E-state index in [1.54, 1.807) is 0 Å². The van der Waals surface area contributed by atoms with Crippen molar-refractivity contribution in [1.82, 2.24) is 10.2 Å². The molecule has 1 fully saturated rings. The quantitative estimate of drug-likeness (QED) is 0.615. The van der Waals surface area contributed by atoms with E-state index in [0.29, 0.717) is 12.5 Å². The molecule has 1 saturated heterocycles. The minimum absolute atomic E-state index is 0.432. The molecule has 11 heavy (non-hydrogen) atoms. The second-order valence-corrected chi connectivity index (χ2v) is 3.00. The van der Waals surface area contributed by atoms with Crippen molar-refractivity contribution >= 4 is 0 Å². The number of nitrogens with zero attached hydrogens (tertiary/aromatic N) is 2. The molecule has 0 bridgehead atoms. The third-order valence-electron chi connectivity index (χ3n) is 2.16. The number of nitriles is 1. The van der Waals surface area contributed by atoms with E-state index in [0.717, 1.165) is 26.2 Å². The van der Waals surface area contributed by atoms with Crippen molar-refractivity contribution in [3.63, 3.8) is 0 Å². The highest BCUT2D eigenvalue weighted by atomic mass is 15.2. The number of nitrogens with one attached hydrogen (secondary N) is 1. The lowest BCUT2D eigenvalue weighted by molar-refractivity contribution is 0.186. The second kappa shape index (κ2) is 4.32. The summed E-state index contributed by atoms with van der Waals surface area (Å²) in [7, 11) is 0. The third kappa shape index (κ3) is 2.49. The molecule has 1 atom stereocenters. The Kier molecular flexibility index (Phi) is 3.34. The Morgan fingerprint density at radius 2 is 2.18 bits per heavy atom. The average Bonchev–Trinajstić information content (AvgIpc) is 2.07. The molecule has 3 nitrogen and oxygen atoms in total. The van der Waals surface area contributed by atoms with E-state index in [1.165, 1.54) is 0 Å². The van der Waals surface area contributed by atoms with Gasteiger partial charge in [-0.05, 0) is 6.92 Å². The Morgan fingerprint density at radius 3 is 2.73 bits per heavy atom. The highest BCUT2D eigenvalue weighted by molar-refractivity contribution is 4.81. The summed E-state index contributed by atoms with van der Waals surface area (Å²) >= 11 is 0. The van der Waals surface area contributed by atoms with Crippen LogP contribution in [0.25, 0.3) is 0 Å². The van der Waals surface area contributed by atoms with Crippen LogP contribution in [0.5, 0.6) is 0 Å². The van der Waals surface area contributed by atoms with E-state index in [1.807, 2.05) is 0 Å². The van der Waals surface area contributed by atoms with Crippen molar-refractivity contribution < 1.29 is 0 Å². The minimum atomic E-state index is 0.432. The molecule has 0 saturated carbocycles. The summed E-state index contributed by atoms with van der Waals surface area (Å²) in [6.07, 6.45) is 0.653. The lowest BCUT2D eigenvalue weighted by atomic mass is 10.2. The highest BCUT2D eigenvalue weighted by Crippen LogP contribution is 2.03. The summed E-state index contributed by atoms with van der Waals surface area (Å²) in [5.41, 5.74) is 0. The highest BCUT2D eigenvalue weighted by Gasteiger charge is 2.15. The van der Waals surface area contributed by atoms with Crippen LogP contribution >= 0.6 is 0 Å². The normalized spacial score (nSPS) is 22.5. The molecule has 0 amide bonds. The maximum absolute atomic E-state index is 8.48. The van der Waals surface area contributed by atoms with E-state index in [-0.39, 0.29) is 0 Å². The van der Waals surface area contributed by atoms with Gasteiger partial charge in [0.15, 0.2) is 0 Å². The SMILES string of the molecule is C[C@@H](CC#N)N1CCNCC1. The zero-order valence-electron chi connectivity index (χ0n) is 7.01. The topological polar surface area (TPSA) is 39.1 Å². The molecule has 0 aromatic rings. The molecular formula is C8H15N3. The first-order chi connectivity index (χ1) is 5.34. The predicted octanol–water partition coefficient (Wildman–Crippen LogP) is 0.194. The van der Waals surface area contributed by atoms with Crippen molar-refractivity contribution in [2.45, 2.75) is 19.4 Å². The summed E-state index contributed by atoms with van der Waals surface area (Å²) in [6.45, 7) is 6.42. The molecule has 1 aliphatic rings. The van der Waals surface area contributed by atoms with Gasteiger partial charge in [-0.15, -0.1) is 0 Å². The van der Waals surface area contributed by atoms with Crippen LogP contribution in [0, 0.1) is 11.3 Å². The van der Waals surface area contributed by atoms with Gasteiger partial charge in [0.1, 0.15) is 0 Å². The molecule has 1 heterocycles. The summed E-state index contributed by atoms with van der Waals surface area (Å²) in [5, 5.41) is 11.8. The maximum atomic E-state index is 8.48. The molecule has 3 heteroatoms. The number of hydrogen-bond donors (Lipinski definition) is 1. The van der Waals surface area contributed by atoms with Crippen LogP contribution in [-0.4, -0.2) is 37.1 Å². The lowest BCUT2D eigenvalue weighted by Gasteiger charge is -2.31. The first kappa shape index (κ1) is 8.51. The van der Waals surface area contributed by atoms with Crippen LogP contribution in [0.4, 0.5) is 0 Å². The summed E-state index contributed by atoms with van der Waals surface area (Å²) in [5.74, 6) is 0. The monoisotopic (exact) mass is 153 g/mol. The fourth-order valence-electron chi connectivity index (χ4n) is 1.38. The molecule has 0 aromatic heterocycles. The zero-order valence-corrected chi connectivity index (χ0v) is 7.01. The van der Waals surface area contributed by atoms with Crippen molar-refractivity contribution in [1.29, 1.82) is 5.26 Å². The molecule has 0 aliphatic carbocycles. The Hall–Kier alpha value is -0.590. The first-order valence-corrected chi connectivity index (χ1v) is 4.16. The van der Waals surface area contributed by atoms with Crippen molar-refractivity contribution in [3.05, 3.63) is 0 Å². The molecule has 1 rings (SSSR count). The Morgan fingerprint density at radius 1 is 1.55 bits per heavy atom. The third-order valence-corrected chi connectivity index (χ3v) is 2.16. The molecule has 0 aromatic carbocycles. The second-order valence-electron chi connectivity index (χ2n) is 3.00. The number of piperazine rings is 1. The Bertz CT molecular complexity index is 144. The molecule has 0 radical (unpaired) electrons. The van der Waals surface area contributed by atoms with Crippen molar-refractivity contribution in [2.75, 3.05) is 26.2 Å². The Labute approximate surface area is 68.0 Å². The molecule has 0 spiro atoms. The van der Waals surface area contributed by atoms with Gasteiger partial charge in [0.2, 0.25) is 0 Å². The fraction of sp³-hybridized carbons (Fsp3) is 0.875. The summed E-state index contributed by atoms with van der Waals surface area (Å²) < 4.78 is 0. The average molecular weight is 153 g/mol. The van der Waals surface area contributed by atoms with Gasteiger partial charge in [0.25, 0.3) is 0 Å². The fourth-order valence-corrected chi connectivity index (χ4v) is 1.38. The largest absolute Gasteiger partial charge is 0.314 e. The van der Waals surface area contributed by atoms with Crippen molar-refractivity contribution in [3.8, 4) is 6.07 Å². The van der Waals surface area contributed by atoms with Gasteiger partial charge in [0.05, 0.1) is 12.5 Å². The van der Waals surface area contributed by atoms with E-state index in [2.05, 4.69) is 23.2 Å². The van der Waals surface area contributed by atoms with Gasteiger partial charge in [-0.2, -0.15) is 5.26 Å². The minimum Gasteiger partial charge on any atom is -0.314 e. The smallest absolute Gasteiger partial charge is 0.0638 e. The predicted molar refractivity (Wildman–Crippen MR) is 44.1 cm³/mol. The van der Waals surface area contributed by atoms with Gasteiger partial charge >= 0.3 is 0 Å². The number of rotatable bonds is 2. The molecule has 62 valence electrons. The zero-order chi connectivity index (χ0) is 8.10. The van der Waals surface area contributed by atoms with E-state index >= 15 is 0 Å². The molecule has 0 unspecified atom stereocenters. The van der Waals surface area contributed by atoms with Gasteiger partial charge in [0, 0.05) is 32.2 Å². The molecular weight excluding hydrogens is 138 g/mol. The van der Waals surface area contributed by atoms with Gasteiger partial charge < -0.3 is 5.32 Å². The van der Waals surface area contributed by atoms with E-state index in [4.69, 9.17) is 5.26 Å². The maximum Gasteiger partial charge on any atom is 0.0638 e. The first-order valence-electron chi connectivity index (χ1n) is 4.16. The van der Waals surface area contributed by atoms with E-state index in [9.17, 15) is 0 Å². The van der Waals surface area contributed by atoms with Gasteiger partial charge in [-0.3, -0.25) is 4.90 Å². The van der Waals surface area contributed by atoms with E-state index < -0.39 is 0 Å². The number of hydrogen-bond acceptors (Lipinski definition) is 3. The van der Waals surface area contributed by atoms with Gasteiger partial charge in [-0.25, -0.2) is 0 Å². The standard InChI is InChI=1S/C8H15N3/c1-8(2-3-9)11-6-4-10-5-7-11/h8,10H,2,4-7H2,1H3/t8-/m0/s1. The van der Waals surface area contributed by atoms with Gasteiger partial charge in [-0.1, -0.05) is 0 Å². The lowest BCUT2D eigenvalue weighted by Crippen LogP contribution is -2.47. The summed E-state index contributed by atoms with van der Waals surface area (Å²) in [6, 6.07) is 2.64. The van der Waals surface area contributed by atoms with Crippen molar-refractivity contribution in [2.24, 2.45) is 0 Å². The van der Waals surface area contributed by atoms with Crippen LogP contribution in [0.15, 0.2) is 0 Å². The molecule has 1 N–H and O–H groups in total. The van der Waals surface area contributed by atoms with Crippen LogP contribution in [0.2, 0.25) is 0 Å². The van der Waals surface area contributed by atoms with Crippen LogP contribution in [-0.2, 0) is 0 Å². The van der Waals surface area contributed by atoms with Crippen LogP contribution < -0.4 is 5.32 Å². The van der Waals surface area contributed by atoms with Crippen LogP contribution in [0.1, 0.15) is 13.3 Å². The Balaban J connectivity index is 2.27. The molecule has 1 aliphatic heterocycles. The van der Waals surface area contributed by atoms with Crippen LogP contribution in [0.3, 0.4) is 0 Å². The summed E-state index contributed by atoms with van der Waals surface area (Å²) in [4.78, 5) is 2.36.